The van der Waals surface area contributed by atoms with E-state index >= 15 is 0 Å². The molecule has 1 aliphatic rings. The van der Waals surface area contributed by atoms with E-state index in [1.807, 2.05) is 0 Å². The van der Waals surface area contributed by atoms with Crippen molar-refractivity contribution in [3.8, 4) is 0 Å². The van der Waals surface area contributed by atoms with Crippen molar-refractivity contribution >= 4 is 6.40 Å². The van der Waals surface area contributed by atoms with Crippen LogP contribution in [0.1, 0.15) is 0 Å². The normalized spacial score (nSPS) is 16.0. The van der Waals surface area contributed by atoms with E-state index in [9.17, 15) is 0 Å². The average Bonchev–Trinajstić information content (AvgIpc) is 1.72. The van der Waals surface area contributed by atoms with Gasteiger partial charge in [-0.2, -0.15) is 0 Å². The highest BCUT2D eigenvalue weighted by Gasteiger charge is 1.75. The lowest BCUT2D eigenvalue weighted by molar-refractivity contribution is 0.228. The van der Waals surface area contributed by atoms with Gasteiger partial charge in [-0.3, -0.25) is 0 Å². The van der Waals surface area contributed by atoms with E-state index in [2.05, 4.69) is 21.5 Å². The zero-order chi connectivity index (χ0) is 4.24. The number of hydroxylamine groups is 1. The van der Waals surface area contributed by atoms with Gasteiger partial charge in [0.1, 0.15) is 6.20 Å². The summed E-state index contributed by atoms with van der Waals surface area (Å²) in [4.78, 5) is 7.92. The summed E-state index contributed by atoms with van der Waals surface area (Å²) >= 11 is 0. The lowest BCUT2D eigenvalue weighted by atomic mass is 10.9. The molecular weight excluding hydrogens is 80.0 g/mol. The van der Waals surface area contributed by atoms with Crippen LogP contribution in [0.25, 0.3) is 0 Å². The van der Waals surface area contributed by atoms with Crippen LogP contribution in [0.2, 0.25) is 0 Å². The monoisotopic (exact) mass is 83.0 g/mol. The van der Waals surface area contributed by atoms with E-state index < -0.39 is 0 Å². The van der Waals surface area contributed by atoms with Gasteiger partial charge >= 0.3 is 0 Å². The first-order chi connectivity index (χ1) is 3.00. The first-order valence-corrected chi connectivity index (χ1v) is 1.49. The molecule has 1 radical (unpaired) electrons. The van der Waals surface area contributed by atoms with E-state index in [-0.39, 0.29) is 0 Å². The van der Waals surface area contributed by atoms with Gasteiger partial charge in [0.15, 0.2) is 0 Å². The predicted molar refractivity (Wildman–Crippen MR) is 20.5 cm³/mol. The van der Waals surface area contributed by atoms with Gasteiger partial charge in [-0.15, -0.1) is 0 Å². The molecular formula is C3H3N2O. The zero-order valence-corrected chi connectivity index (χ0v) is 3.01. The second-order valence-corrected chi connectivity index (χ2v) is 0.748. The summed E-state index contributed by atoms with van der Waals surface area (Å²) in [5.41, 5.74) is 2.33. The fraction of sp³-hybridized carbons (Fsp3) is 0. The minimum absolute atomic E-state index is 1.29. The van der Waals surface area contributed by atoms with Crippen LogP contribution < -0.4 is 5.48 Å². The van der Waals surface area contributed by atoms with E-state index in [0.29, 0.717) is 0 Å². The molecule has 31 valence electrons. The van der Waals surface area contributed by atoms with Crippen molar-refractivity contribution in [2.75, 3.05) is 0 Å². The Hall–Kier alpha value is -0.990. The molecule has 3 heteroatoms. The number of hydrogen-bond acceptors (Lipinski definition) is 3. The van der Waals surface area contributed by atoms with Crippen LogP contribution in [0, 0.1) is 6.20 Å². The molecule has 0 bridgehead atoms. The minimum atomic E-state index is 1.29. The van der Waals surface area contributed by atoms with E-state index in [1.165, 1.54) is 12.6 Å². The van der Waals surface area contributed by atoms with E-state index in [1.54, 1.807) is 0 Å². The highest BCUT2D eigenvalue weighted by atomic mass is 16.6. The first-order valence-electron chi connectivity index (χ1n) is 1.49. The molecule has 0 fully saturated rings. The number of hydrogen-bond donors (Lipinski definition) is 1. The third-order valence-electron chi connectivity index (χ3n) is 0.370. The van der Waals surface area contributed by atoms with Crippen LogP contribution in [-0.4, -0.2) is 6.40 Å². The molecule has 0 unspecified atom stereocenters. The van der Waals surface area contributed by atoms with Crippen LogP contribution in [0.4, 0.5) is 0 Å². The summed E-state index contributed by atoms with van der Waals surface area (Å²) in [6, 6.07) is 0. The Labute approximate surface area is 35.3 Å². The maximum Gasteiger partial charge on any atom is 0.208 e. The molecule has 1 N–H and O–H groups in total. The highest BCUT2D eigenvalue weighted by Crippen LogP contribution is 1.73. The second-order valence-electron chi connectivity index (χ2n) is 0.748. The second kappa shape index (κ2) is 1.45. The zero-order valence-electron chi connectivity index (χ0n) is 3.01. The van der Waals surface area contributed by atoms with Gasteiger partial charge in [-0.1, -0.05) is 0 Å². The Kier molecular flexibility index (Phi) is 0.774. The van der Waals surface area contributed by atoms with Crippen molar-refractivity contribution < 1.29 is 4.84 Å². The SMILES string of the molecule is [C]1=CN=CON1. The molecule has 6 heavy (non-hydrogen) atoms. The standard InChI is InChI=1S/C3H3N2O/c1-2-5-6-3-4-1/h1,3,5H. The van der Waals surface area contributed by atoms with Gasteiger partial charge in [0.05, 0.1) is 6.20 Å². The number of rotatable bonds is 0. The molecule has 0 aromatic heterocycles. The Bertz CT molecular complexity index is 74.8. The van der Waals surface area contributed by atoms with Crippen molar-refractivity contribution in [2.45, 2.75) is 0 Å². The smallest absolute Gasteiger partial charge is 0.208 e. The summed E-state index contributed by atoms with van der Waals surface area (Å²) in [7, 11) is 0. The largest absolute Gasteiger partial charge is 0.370 e. The van der Waals surface area contributed by atoms with Crippen molar-refractivity contribution in [1.82, 2.24) is 5.48 Å². The maximum absolute atomic E-state index is 4.39. The van der Waals surface area contributed by atoms with Crippen LogP contribution in [0.15, 0.2) is 11.2 Å². The topological polar surface area (TPSA) is 33.6 Å². The van der Waals surface area contributed by atoms with Crippen molar-refractivity contribution in [3.05, 3.63) is 12.4 Å². The fourth-order valence-corrected chi connectivity index (χ4v) is 0.185. The van der Waals surface area contributed by atoms with Gasteiger partial charge in [-0.25, -0.2) is 10.5 Å². The van der Waals surface area contributed by atoms with Crippen LogP contribution >= 0.6 is 0 Å². The lowest BCUT2D eigenvalue weighted by Gasteiger charge is -1.95. The quantitative estimate of drug-likeness (QED) is 0.441. The van der Waals surface area contributed by atoms with E-state index in [4.69, 9.17) is 0 Å². The molecule has 0 aliphatic carbocycles. The molecule has 0 amide bonds. The molecule has 0 spiro atoms. The Balaban J connectivity index is 2.46. The molecule has 0 atom stereocenters. The minimum Gasteiger partial charge on any atom is -0.370 e. The summed E-state index contributed by atoms with van der Waals surface area (Å²) in [5, 5.41) is 0. The molecule has 1 rings (SSSR count). The van der Waals surface area contributed by atoms with Gasteiger partial charge in [0, 0.05) is 0 Å². The summed E-state index contributed by atoms with van der Waals surface area (Å²) in [5.74, 6) is 0. The maximum atomic E-state index is 4.39. The first kappa shape index (κ1) is 3.21. The van der Waals surface area contributed by atoms with Gasteiger partial charge in [0.2, 0.25) is 6.40 Å². The van der Waals surface area contributed by atoms with Crippen molar-refractivity contribution in [3.63, 3.8) is 0 Å². The van der Waals surface area contributed by atoms with Gasteiger partial charge in [0.25, 0.3) is 0 Å². The number of nitrogens with zero attached hydrogens (tertiary/aromatic N) is 1. The molecule has 0 aromatic carbocycles. The fourth-order valence-electron chi connectivity index (χ4n) is 0.185. The molecule has 0 saturated heterocycles. The number of nitrogens with one attached hydrogen (secondary N) is 1. The summed E-state index contributed by atoms with van der Waals surface area (Å²) in [6.07, 6.45) is 5.25. The van der Waals surface area contributed by atoms with E-state index in [0.717, 1.165) is 0 Å². The van der Waals surface area contributed by atoms with Crippen LogP contribution in [-0.2, 0) is 4.84 Å². The third-order valence-corrected chi connectivity index (χ3v) is 0.370. The van der Waals surface area contributed by atoms with Gasteiger partial charge < -0.3 is 4.84 Å². The molecule has 0 saturated carbocycles. The Morgan fingerprint density at radius 1 is 1.83 bits per heavy atom. The van der Waals surface area contributed by atoms with Crippen molar-refractivity contribution in [1.29, 1.82) is 0 Å². The van der Waals surface area contributed by atoms with Crippen molar-refractivity contribution in [2.24, 2.45) is 4.99 Å². The molecule has 1 aliphatic heterocycles. The van der Waals surface area contributed by atoms with Crippen LogP contribution in [0.3, 0.4) is 0 Å². The average molecular weight is 83.1 g/mol. The third kappa shape index (κ3) is 0.484. The number of aliphatic imine (C=N–C) groups is 1. The highest BCUT2D eigenvalue weighted by molar-refractivity contribution is 5.47. The molecule has 0 aromatic rings. The van der Waals surface area contributed by atoms with Gasteiger partial charge in [-0.05, 0) is 0 Å². The molecule has 3 nitrogen and oxygen atoms in total. The Morgan fingerprint density at radius 2 is 2.83 bits per heavy atom. The Morgan fingerprint density at radius 3 is 3.00 bits per heavy atom. The van der Waals surface area contributed by atoms with Crippen LogP contribution in [0.5, 0.6) is 0 Å². The molecule has 1 heterocycles. The predicted octanol–water partition coefficient (Wildman–Crippen LogP) is -0.176. The lowest BCUT2D eigenvalue weighted by Crippen LogP contribution is -2.07. The summed E-state index contributed by atoms with van der Waals surface area (Å²) in [6.45, 7) is 0. The summed E-state index contributed by atoms with van der Waals surface area (Å²) < 4.78 is 0.